The second-order valence-electron chi connectivity index (χ2n) is 9.15. The molecule has 9 heteroatoms. The van der Waals surface area contributed by atoms with Crippen LogP contribution in [0.5, 0.6) is 11.5 Å². The summed E-state index contributed by atoms with van der Waals surface area (Å²) in [6.45, 7) is 9.17. The van der Waals surface area contributed by atoms with E-state index in [2.05, 4.69) is 23.7 Å². The van der Waals surface area contributed by atoms with Gasteiger partial charge in [-0.2, -0.15) is 0 Å². The van der Waals surface area contributed by atoms with Gasteiger partial charge in [-0.25, -0.2) is 13.8 Å². The van der Waals surface area contributed by atoms with E-state index in [0.717, 1.165) is 13.1 Å². The Morgan fingerprint density at radius 2 is 1.97 bits per heavy atom. The number of benzene rings is 2. The Balaban J connectivity index is 1.45. The molecule has 7 nitrogen and oxygen atoms in total. The summed E-state index contributed by atoms with van der Waals surface area (Å²) in [5.41, 5.74) is 0.418. The molecule has 4 rings (SSSR count). The normalized spacial score (nSPS) is 16.3. The predicted octanol–water partition coefficient (Wildman–Crippen LogP) is 4.13. The molecular weight excluding hydrogens is 468 g/mol. The molecule has 1 saturated heterocycles. The van der Waals surface area contributed by atoms with Gasteiger partial charge in [0.15, 0.2) is 17.4 Å². The monoisotopic (exact) mass is 499 g/mol. The summed E-state index contributed by atoms with van der Waals surface area (Å²) < 4.78 is 46.8. The van der Waals surface area contributed by atoms with Crippen molar-refractivity contribution in [3.63, 3.8) is 0 Å². The van der Waals surface area contributed by atoms with Gasteiger partial charge in [0.05, 0.1) is 18.4 Å². The minimum Gasteiger partial charge on any atom is -0.489 e. The number of ether oxygens (including phenoxy) is 3. The molecular formula is C27H31F2N3O4. The van der Waals surface area contributed by atoms with Gasteiger partial charge in [-0.3, -0.25) is 14.3 Å². The first-order chi connectivity index (χ1) is 17.3. The molecule has 1 fully saturated rings. The van der Waals surface area contributed by atoms with E-state index in [1.54, 1.807) is 19.1 Å². The summed E-state index contributed by atoms with van der Waals surface area (Å²) in [5.74, 6) is 0.0873. The predicted molar refractivity (Wildman–Crippen MR) is 132 cm³/mol. The van der Waals surface area contributed by atoms with Gasteiger partial charge in [0.25, 0.3) is 5.56 Å². The van der Waals surface area contributed by atoms with E-state index in [1.165, 1.54) is 41.0 Å². The van der Waals surface area contributed by atoms with Crippen molar-refractivity contribution in [2.24, 2.45) is 5.92 Å². The summed E-state index contributed by atoms with van der Waals surface area (Å²) in [4.78, 5) is 19.4. The van der Waals surface area contributed by atoms with E-state index in [4.69, 9.17) is 14.2 Å². The molecule has 1 unspecified atom stereocenters. The lowest BCUT2D eigenvalue weighted by molar-refractivity contribution is -0.0527. The van der Waals surface area contributed by atoms with E-state index in [1.807, 2.05) is 0 Å². The SMILES string of the molecule is Cc1cc(=O)n(-c2ccc(OCCN3CCOC(C(C)C)C3)c(F)c2)c(COc2cccc(F)c2)n1. The lowest BCUT2D eigenvalue weighted by atomic mass is 10.1. The Morgan fingerprint density at radius 1 is 1.14 bits per heavy atom. The molecule has 192 valence electrons. The number of nitrogens with zero attached hydrogens (tertiary/aromatic N) is 3. The highest BCUT2D eigenvalue weighted by Crippen LogP contribution is 2.22. The zero-order chi connectivity index (χ0) is 25.7. The van der Waals surface area contributed by atoms with E-state index in [9.17, 15) is 13.6 Å². The van der Waals surface area contributed by atoms with Crippen molar-refractivity contribution in [3.8, 4) is 17.2 Å². The van der Waals surface area contributed by atoms with Gasteiger partial charge < -0.3 is 14.2 Å². The van der Waals surface area contributed by atoms with E-state index in [-0.39, 0.29) is 29.8 Å². The maximum atomic E-state index is 14.9. The number of rotatable bonds is 9. The molecule has 1 aliphatic heterocycles. The Hall–Kier alpha value is -3.30. The van der Waals surface area contributed by atoms with Gasteiger partial charge in [0.2, 0.25) is 0 Å². The van der Waals surface area contributed by atoms with Crippen LogP contribution in [0.1, 0.15) is 25.4 Å². The quantitative estimate of drug-likeness (QED) is 0.441. The third-order valence-electron chi connectivity index (χ3n) is 6.04. The van der Waals surface area contributed by atoms with Crippen LogP contribution in [0, 0.1) is 24.5 Å². The van der Waals surface area contributed by atoms with Crippen LogP contribution in [-0.4, -0.2) is 53.4 Å². The highest BCUT2D eigenvalue weighted by molar-refractivity contribution is 5.40. The second-order valence-corrected chi connectivity index (χ2v) is 9.15. The Morgan fingerprint density at radius 3 is 2.72 bits per heavy atom. The zero-order valence-electron chi connectivity index (χ0n) is 20.7. The third-order valence-corrected chi connectivity index (χ3v) is 6.04. The van der Waals surface area contributed by atoms with Crippen LogP contribution >= 0.6 is 0 Å². The van der Waals surface area contributed by atoms with Crippen molar-refractivity contribution < 1.29 is 23.0 Å². The molecule has 0 bridgehead atoms. The maximum Gasteiger partial charge on any atom is 0.258 e. The van der Waals surface area contributed by atoms with Gasteiger partial charge in [-0.1, -0.05) is 19.9 Å². The van der Waals surface area contributed by atoms with E-state index >= 15 is 0 Å². The second kappa shape index (κ2) is 11.6. The first-order valence-electron chi connectivity index (χ1n) is 12.0. The van der Waals surface area contributed by atoms with Crippen LogP contribution in [0.3, 0.4) is 0 Å². The number of aryl methyl sites for hydroxylation is 1. The first-order valence-corrected chi connectivity index (χ1v) is 12.0. The molecule has 1 atom stereocenters. The molecule has 1 aliphatic rings. The maximum absolute atomic E-state index is 14.9. The van der Waals surface area contributed by atoms with Crippen molar-refractivity contribution in [3.05, 3.63) is 82.0 Å². The Kier molecular flexibility index (Phi) is 8.32. The average molecular weight is 500 g/mol. The number of morpholine rings is 1. The van der Waals surface area contributed by atoms with Crippen molar-refractivity contribution in [1.29, 1.82) is 0 Å². The van der Waals surface area contributed by atoms with Crippen molar-refractivity contribution in [2.75, 3.05) is 32.8 Å². The highest BCUT2D eigenvalue weighted by atomic mass is 19.1. The van der Waals surface area contributed by atoms with Crippen LogP contribution in [0.15, 0.2) is 53.3 Å². The van der Waals surface area contributed by atoms with Crippen molar-refractivity contribution >= 4 is 0 Å². The lowest BCUT2D eigenvalue weighted by Crippen LogP contribution is -2.46. The standard InChI is InChI=1S/C27H31F2N3O4/c1-18(2)25-16-31(10-12-35-25)9-11-34-24-8-7-21(15-23(24)29)32-26(30-19(3)13-27(32)33)17-36-22-6-4-5-20(28)14-22/h4-8,13-15,18,25H,9-12,16-17H2,1-3H3. The molecule has 2 aromatic carbocycles. The lowest BCUT2D eigenvalue weighted by Gasteiger charge is -2.34. The summed E-state index contributed by atoms with van der Waals surface area (Å²) in [5, 5.41) is 0. The van der Waals surface area contributed by atoms with Crippen LogP contribution in [0.2, 0.25) is 0 Å². The summed E-state index contributed by atoms with van der Waals surface area (Å²) >= 11 is 0. The molecule has 1 aromatic heterocycles. The molecule has 0 spiro atoms. The van der Waals surface area contributed by atoms with Crippen LogP contribution in [-0.2, 0) is 11.3 Å². The minimum atomic E-state index is -0.584. The molecule has 0 aliphatic carbocycles. The summed E-state index contributed by atoms with van der Waals surface area (Å²) in [7, 11) is 0. The average Bonchev–Trinajstić information content (AvgIpc) is 2.84. The summed E-state index contributed by atoms with van der Waals surface area (Å²) in [6.07, 6.45) is 0.190. The van der Waals surface area contributed by atoms with Crippen LogP contribution < -0.4 is 15.0 Å². The fraction of sp³-hybridized carbons (Fsp3) is 0.407. The van der Waals surface area contributed by atoms with Gasteiger partial charge >= 0.3 is 0 Å². The third kappa shape index (κ3) is 6.47. The minimum absolute atomic E-state index is 0.100. The topological polar surface area (TPSA) is 65.8 Å². The Bertz CT molecular complexity index is 1250. The molecule has 2 heterocycles. The van der Waals surface area contributed by atoms with Crippen LogP contribution in [0.25, 0.3) is 5.69 Å². The zero-order valence-corrected chi connectivity index (χ0v) is 20.7. The first kappa shape index (κ1) is 25.8. The van der Waals surface area contributed by atoms with Crippen molar-refractivity contribution in [1.82, 2.24) is 14.5 Å². The van der Waals surface area contributed by atoms with Gasteiger partial charge in [-0.05, 0) is 37.1 Å². The molecule has 36 heavy (non-hydrogen) atoms. The summed E-state index contributed by atoms with van der Waals surface area (Å²) in [6, 6.07) is 11.4. The molecule has 0 amide bonds. The van der Waals surface area contributed by atoms with Gasteiger partial charge in [0.1, 0.15) is 24.8 Å². The van der Waals surface area contributed by atoms with Crippen LogP contribution in [0.4, 0.5) is 8.78 Å². The van der Waals surface area contributed by atoms with Gasteiger partial charge in [-0.15, -0.1) is 0 Å². The van der Waals surface area contributed by atoms with Crippen molar-refractivity contribution in [2.45, 2.75) is 33.5 Å². The fourth-order valence-corrected chi connectivity index (χ4v) is 4.10. The van der Waals surface area contributed by atoms with Gasteiger partial charge in [0, 0.05) is 43.5 Å². The van der Waals surface area contributed by atoms with E-state index in [0.29, 0.717) is 42.8 Å². The molecule has 0 radical (unpaired) electrons. The Labute approximate surface area is 209 Å². The largest absolute Gasteiger partial charge is 0.489 e. The fourth-order valence-electron chi connectivity index (χ4n) is 4.10. The smallest absolute Gasteiger partial charge is 0.258 e. The number of halogens is 2. The number of hydrogen-bond acceptors (Lipinski definition) is 6. The highest BCUT2D eigenvalue weighted by Gasteiger charge is 2.23. The van der Waals surface area contributed by atoms with E-state index < -0.39 is 11.6 Å². The number of hydrogen-bond donors (Lipinski definition) is 0. The molecule has 3 aromatic rings. The molecule has 0 N–H and O–H groups in total. The number of aromatic nitrogens is 2. The molecule has 0 saturated carbocycles.